The Balaban J connectivity index is 1.83. The number of carbonyl (C=O) groups excluding carboxylic acids is 1. The first-order valence-electron chi connectivity index (χ1n) is 11.5. The summed E-state index contributed by atoms with van der Waals surface area (Å²) in [5, 5.41) is 0. The molecule has 7 nitrogen and oxygen atoms in total. The van der Waals surface area contributed by atoms with Crippen LogP contribution in [0.3, 0.4) is 0 Å². The summed E-state index contributed by atoms with van der Waals surface area (Å²) in [6.45, 7) is 4.82. The molecule has 3 aromatic rings. The van der Waals surface area contributed by atoms with E-state index in [0.29, 0.717) is 27.2 Å². The maximum Gasteiger partial charge on any atom is 0.338 e. The van der Waals surface area contributed by atoms with Gasteiger partial charge in [0, 0.05) is 7.11 Å². The molecule has 0 saturated carbocycles. The van der Waals surface area contributed by atoms with E-state index in [1.807, 2.05) is 67.6 Å². The summed E-state index contributed by atoms with van der Waals surface area (Å²) in [5.41, 5.74) is 2.35. The summed E-state index contributed by atoms with van der Waals surface area (Å²) >= 11 is 1.31. The van der Waals surface area contributed by atoms with Crippen molar-refractivity contribution in [3.63, 3.8) is 0 Å². The van der Waals surface area contributed by atoms with Crippen molar-refractivity contribution in [1.29, 1.82) is 0 Å². The lowest BCUT2D eigenvalue weighted by molar-refractivity contribution is -0.140. The predicted molar refractivity (Wildman–Crippen MR) is 135 cm³/mol. The molecule has 182 valence electrons. The van der Waals surface area contributed by atoms with E-state index < -0.39 is 12.0 Å². The molecule has 0 saturated heterocycles. The van der Waals surface area contributed by atoms with E-state index >= 15 is 0 Å². The molecular weight excluding hydrogens is 464 g/mol. The Hall–Kier alpha value is -3.49. The lowest BCUT2D eigenvalue weighted by Crippen LogP contribution is -2.40. The van der Waals surface area contributed by atoms with Crippen molar-refractivity contribution >= 4 is 23.4 Å². The predicted octanol–water partition coefficient (Wildman–Crippen LogP) is 3.21. The van der Waals surface area contributed by atoms with Gasteiger partial charge in [-0.05, 0) is 42.7 Å². The number of allylic oxidation sites excluding steroid dienone is 1. The summed E-state index contributed by atoms with van der Waals surface area (Å²) < 4.78 is 18.3. The maximum atomic E-state index is 13.6. The molecule has 0 radical (unpaired) electrons. The first-order valence-corrected chi connectivity index (χ1v) is 12.3. The Morgan fingerprint density at radius 1 is 1.09 bits per heavy atom. The van der Waals surface area contributed by atoms with Crippen molar-refractivity contribution in [2.24, 2.45) is 4.99 Å². The van der Waals surface area contributed by atoms with Crippen LogP contribution in [0.5, 0.6) is 5.75 Å². The van der Waals surface area contributed by atoms with Crippen LogP contribution in [-0.2, 0) is 14.3 Å². The van der Waals surface area contributed by atoms with E-state index in [4.69, 9.17) is 14.2 Å². The maximum absolute atomic E-state index is 13.6. The highest BCUT2D eigenvalue weighted by molar-refractivity contribution is 7.07. The second-order valence-electron chi connectivity index (χ2n) is 8.04. The van der Waals surface area contributed by atoms with Gasteiger partial charge in [0.15, 0.2) is 4.80 Å². The molecule has 8 heteroatoms. The fourth-order valence-corrected chi connectivity index (χ4v) is 4.91. The van der Waals surface area contributed by atoms with Crippen LogP contribution in [0.2, 0.25) is 0 Å². The van der Waals surface area contributed by atoms with E-state index in [9.17, 15) is 9.59 Å². The number of esters is 1. The third-order valence-corrected chi connectivity index (χ3v) is 6.51. The Morgan fingerprint density at radius 3 is 2.51 bits per heavy atom. The van der Waals surface area contributed by atoms with Gasteiger partial charge in [-0.1, -0.05) is 60.7 Å². The number of nitrogens with zero attached hydrogens (tertiary/aromatic N) is 2. The summed E-state index contributed by atoms with van der Waals surface area (Å²) in [6, 6.07) is 16.5. The standard InChI is InChI=1S/C27H28N2O5S/c1-4-14-33-21-12-10-20(11-13-21)24-23(26(31)34-16-15-32-3)18(2)28-27-29(24)25(30)22(35-27)17-19-8-6-5-7-9-19/h5-13,17,24H,4,14-16H2,1-3H3/t24-/m0/s1. The average molecular weight is 493 g/mol. The number of hydrogen-bond acceptors (Lipinski definition) is 7. The van der Waals surface area contributed by atoms with Gasteiger partial charge in [-0.3, -0.25) is 9.36 Å². The first kappa shape index (κ1) is 24.6. The molecule has 2 heterocycles. The van der Waals surface area contributed by atoms with Crippen LogP contribution in [0.15, 0.2) is 75.7 Å². The van der Waals surface area contributed by atoms with Gasteiger partial charge in [0.25, 0.3) is 5.56 Å². The molecule has 1 atom stereocenters. The van der Waals surface area contributed by atoms with Gasteiger partial charge in [0.1, 0.15) is 12.4 Å². The third kappa shape index (κ3) is 5.44. The monoisotopic (exact) mass is 492 g/mol. The fraction of sp³-hybridized carbons (Fsp3) is 0.296. The summed E-state index contributed by atoms with van der Waals surface area (Å²) in [7, 11) is 1.54. The lowest BCUT2D eigenvalue weighted by Gasteiger charge is -2.25. The Labute approximate surface area is 207 Å². The zero-order chi connectivity index (χ0) is 24.8. The lowest BCUT2D eigenvalue weighted by atomic mass is 9.96. The number of aromatic nitrogens is 1. The van der Waals surface area contributed by atoms with Crippen LogP contribution >= 0.6 is 11.3 Å². The van der Waals surface area contributed by atoms with E-state index in [1.165, 1.54) is 11.3 Å². The van der Waals surface area contributed by atoms with Gasteiger partial charge >= 0.3 is 5.97 Å². The normalized spacial score (nSPS) is 15.5. The number of methoxy groups -OCH3 is 1. The molecule has 4 rings (SSSR count). The molecule has 0 N–H and O–H groups in total. The quantitative estimate of drug-likeness (QED) is 0.339. The molecule has 2 aromatic carbocycles. The number of hydrogen-bond donors (Lipinski definition) is 0. The highest BCUT2D eigenvalue weighted by atomic mass is 32.1. The average Bonchev–Trinajstić information content (AvgIpc) is 3.17. The number of rotatable bonds is 9. The van der Waals surface area contributed by atoms with Crippen molar-refractivity contribution < 1.29 is 19.0 Å². The molecule has 0 fully saturated rings. The SMILES string of the molecule is CCCOc1ccc([C@H]2C(C(=O)OCCOC)=C(C)N=c3sc(=Cc4ccccc4)c(=O)n32)cc1. The van der Waals surface area contributed by atoms with Crippen molar-refractivity contribution in [2.45, 2.75) is 26.3 Å². The highest BCUT2D eigenvalue weighted by Gasteiger charge is 2.33. The molecular formula is C27H28N2O5S. The van der Waals surface area contributed by atoms with E-state index in [1.54, 1.807) is 18.6 Å². The van der Waals surface area contributed by atoms with Crippen LogP contribution in [0.4, 0.5) is 0 Å². The molecule has 35 heavy (non-hydrogen) atoms. The van der Waals surface area contributed by atoms with Gasteiger partial charge in [0.2, 0.25) is 0 Å². The number of fused-ring (bicyclic) bond motifs is 1. The number of thiazole rings is 1. The topological polar surface area (TPSA) is 79.1 Å². The molecule has 0 amide bonds. The molecule has 0 spiro atoms. The Bertz CT molecular complexity index is 1390. The van der Waals surface area contributed by atoms with Crippen LogP contribution in [0.25, 0.3) is 6.08 Å². The largest absolute Gasteiger partial charge is 0.494 e. The van der Waals surface area contributed by atoms with Crippen LogP contribution in [0, 0.1) is 0 Å². The van der Waals surface area contributed by atoms with E-state index in [0.717, 1.165) is 23.3 Å². The molecule has 0 bridgehead atoms. The van der Waals surface area contributed by atoms with Gasteiger partial charge in [-0.2, -0.15) is 0 Å². The van der Waals surface area contributed by atoms with Gasteiger partial charge in [-0.15, -0.1) is 0 Å². The highest BCUT2D eigenvalue weighted by Crippen LogP contribution is 2.31. The summed E-state index contributed by atoms with van der Waals surface area (Å²) in [5.74, 6) is 0.217. The van der Waals surface area contributed by atoms with Gasteiger partial charge < -0.3 is 14.2 Å². The molecule has 1 aliphatic heterocycles. The third-order valence-electron chi connectivity index (χ3n) is 5.53. The van der Waals surface area contributed by atoms with Crippen LogP contribution < -0.4 is 19.6 Å². The Kier molecular flexibility index (Phi) is 7.94. The smallest absolute Gasteiger partial charge is 0.338 e. The van der Waals surface area contributed by atoms with E-state index in [-0.39, 0.29) is 18.8 Å². The molecule has 0 aliphatic carbocycles. The zero-order valence-corrected chi connectivity index (χ0v) is 20.8. The minimum atomic E-state index is -0.667. The molecule has 0 unspecified atom stereocenters. The molecule has 1 aromatic heterocycles. The van der Waals surface area contributed by atoms with Crippen molar-refractivity contribution in [1.82, 2.24) is 4.57 Å². The number of benzene rings is 2. The number of carbonyl (C=O) groups is 1. The van der Waals surface area contributed by atoms with E-state index in [2.05, 4.69) is 4.99 Å². The fourth-order valence-electron chi connectivity index (χ4n) is 3.86. The summed E-state index contributed by atoms with van der Waals surface area (Å²) in [4.78, 5) is 31.9. The van der Waals surface area contributed by atoms with Crippen molar-refractivity contribution in [3.05, 3.63) is 96.7 Å². The van der Waals surface area contributed by atoms with Crippen LogP contribution in [0.1, 0.15) is 37.4 Å². The second-order valence-corrected chi connectivity index (χ2v) is 9.05. The minimum Gasteiger partial charge on any atom is -0.494 e. The van der Waals surface area contributed by atoms with Crippen molar-refractivity contribution in [2.75, 3.05) is 26.9 Å². The van der Waals surface area contributed by atoms with Gasteiger partial charge in [0.05, 0.1) is 35.1 Å². The van der Waals surface area contributed by atoms with Crippen molar-refractivity contribution in [3.8, 4) is 5.75 Å². The van der Waals surface area contributed by atoms with Gasteiger partial charge in [-0.25, -0.2) is 9.79 Å². The van der Waals surface area contributed by atoms with Crippen LogP contribution in [-0.4, -0.2) is 37.5 Å². The molecule has 1 aliphatic rings. The number of ether oxygens (including phenoxy) is 3. The zero-order valence-electron chi connectivity index (χ0n) is 20.0. The minimum absolute atomic E-state index is 0.112. The second kappa shape index (κ2) is 11.3. The first-order chi connectivity index (χ1) is 17.0. The summed E-state index contributed by atoms with van der Waals surface area (Å²) in [6.07, 6.45) is 2.75. The Morgan fingerprint density at radius 2 is 1.83 bits per heavy atom.